The monoisotopic (exact) mass is 261 g/mol. The van der Waals surface area contributed by atoms with Crippen molar-refractivity contribution in [2.24, 2.45) is 0 Å². The Kier molecular flexibility index (Phi) is 2.45. The standard InChI is InChI=1S/C13H9ClFN3/c14-8-5-9(15)7-10(6-8)18-12-4-2-1-3-11(12)17-13(18)16/h1-7H,(H2,16,17). The number of aromatic nitrogens is 2. The van der Waals surface area contributed by atoms with E-state index in [1.165, 1.54) is 12.1 Å². The molecular weight excluding hydrogens is 253 g/mol. The van der Waals surface area contributed by atoms with Crippen molar-refractivity contribution in [1.82, 2.24) is 9.55 Å². The maximum absolute atomic E-state index is 13.4. The van der Waals surface area contributed by atoms with Crippen LogP contribution in [-0.2, 0) is 0 Å². The predicted octanol–water partition coefficient (Wildman–Crippen LogP) is 3.40. The summed E-state index contributed by atoms with van der Waals surface area (Å²) in [6.45, 7) is 0. The van der Waals surface area contributed by atoms with Gasteiger partial charge < -0.3 is 5.73 Å². The van der Waals surface area contributed by atoms with Crippen molar-refractivity contribution >= 4 is 28.6 Å². The van der Waals surface area contributed by atoms with Gasteiger partial charge in [-0.2, -0.15) is 0 Å². The lowest BCUT2D eigenvalue weighted by atomic mass is 10.2. The normalized spacial score (nSPS) is 11.0. The lowest BCUT2D eigenvalue weighted by Crippen LogP contribution is -2.01. The molecule has 90 valence electrons. The Balaban J connectivity index is 2.34. The molecule has 0 radical (unpaired) electrons. The fraction of sp³-hybridized carbons (Fsp3) is 0. The van der Waals surface area contributed by atoms with E-state index in [4.69, 9.17) is 17.3 Å². The van der Waals surface area contributed by atoms with Crippen LogP contribution >= 0.6 is 11.6 Å². The molecule has 1 aromatic heterocycles. The molecule has 2 N–H and O–H groups in total. The Labute approximate surface area is 108 Å². The zero-order valence-electron chi connectivity index (χ0n) is 9.27. The first-order valence-corrected chi connectivity index (χ1v) is 5.72. The van der Waals surface area contributed by atoms with Crippen LogP contribution in [0.5, 0.6) is 0 Å². The number of halogens is 2. The van der Waals surface area contributed by atoms with Gasteiger partial charge in [-0.05, 0) is 30.3 Å². The second-order valence-corrected chi connectivity index (χ2v) is 4.36. The topological polar surface area (TPSA) is 43.8 Å². The first kappa shape index (κ1) is 11.0. The summed E-state index contributed by atoms with van der Waals surface area (Å²) in [6, 6.07) is 11.7. The number of anilines is 1. The average molecular weight is 262 g/mol. The minimum atomic E-state index is -0.408. The van der Waals surface area contributed by atoms with Gasteiger partial charge in [0.2, 0.25) is 5.95 Å². The van der Waals surface area contributed by atoms with E-state index >= 15 is 0 Å². The largest absolute Gasteiger partial charge is 0.369 e. The van der Waals surface area contributed by atoms with Crippen LogP contribution in [0.4, 0.5) is 10.3 Å². The molecule has 5 heteroatoms. The Morgan fingerprint density at radius 1 is 1.17 bits per heavy atom. The number of nitrogens with two attached hydrogens (primary N) is 1. The molecular formula is C13H9ClFN3. The van der Waals surface area contributed by atoms with Gasteiger partial charge in [0.1, 0.15) is 5.82 Å². The third kappa shape index (κ3) is 1.71. The van der Waals surface area contributed by atoms with E-state index in [2.05, 4.69) is 4.98 Å². The Morgan fingerprint density at radius 2 is 1.94 bits per heavy atom. The molecule has 0 spiro atoms. The van der Waals surface area contributed by atoms with Gasteiger partial charge in [-0.3, -0.25) is 4.57 Å². The number of hydrogen-bond donors (Lipinski definition) is 1. The van der Waals surface area contributed by atoms with E-state index in [9.17, 15) is 4.39 Å². The van der Waals surface area contributed by atoms with Crippen LogP contribution in [0.1, 0.15) is 0 Å². The van der Waals surface area contributed by atoms with Crippen molar-refractivity contribution in [1.29, 1.82) is 0 Å². The lowest BCUT2D eigenvalue weighted by molar-refractivity contribution is 0.627. The molecule has 3 rings (SSSR count). The number of hydrogen-bond acceptors (Lipinski definition) is 2. The summed E-state index contributed by atoms with van der Waals surface area (Å²) >= 11 is 5.86. The molecule has 0 aliphatic heterocycles. The Hall–Kier alpha value is -2.07. The van der Waals surface area contributed by atoms with Crippen LogP contribution in [0.2, 0.25) is 5.02 Å². The van der Waals surface area contributed by atoms with Crippen molar-refractivity contribution in [2.45, 2.75) is 0 Å². The first-order valence-electron chi connectivity index (χ1n) is 5.34. The molecule has 0 aliphatic rings. The number of nitrogens with zero attached hydrogens (tertiary/aromatic N) is 2. The molecule has 0 amide bonds. The molecule has 18 heavy (non-hydrogen) atoms. The first-order chi connectivity index (χ1) is 8.65. The minimum Gasteiger partial charge on any atom is -0.369 e. The van der Waals surface area contributed by atoms with E-state index in [0.29, 0.717) is 16.7 Å². The van der Waals surface area contributed by atoms with E-state index in [1.54, 1.807) is 10.6 Å². The third-order valence-electron chi connectivity index (χ3n) is 2.69. The smallest absolute Gasteiger partial charge is 0.205 e. The molecule has 0 unspecified atom stereocenters. The number of benzene rings is 2. The molecule has 0 atom stereocenters. The third-order valence-corrected chi connectivity index (χ3v) is 2.91. The van der Waals surface area contributed by atoms with Gasteiger partial charge in [0.05, 0.1) is 16.7 Å². The fourth-order valence-electron chi connectivity index (χ4n) is 1.98. The Bertz CT molecular complexity index is 716. The van der Waals surface area contributed by atoms with Gasteiger partial charge in [-0.15, -0.1) is 0 Å². The van der Waals surface area contributed by atoms with Gasteiger partial charge >= 0.3 is 0 Å². The molecule has 0 saturated carbocycles. The molecule has 1 heterocycles. The van der Waals surface area contributed by atoms with Crippen molar-refractivity contribution in [3.63, 3.8) is 0 Å². The van der Waals surface area contributed by atoms with E-state index < -0.39 is 5.82 Å². The highest BCUT2D eigenvalue weighted by molar-refractivity contribution is 6.30. The number of imidazole rings is 1. The number of para-hydroxylation sites is 2. The summed E-state index contributed by atoms with van der Waals surface area (Å²) in [5, 5.41) is 0.321. The summed E-state index contributed by atoms with van der Waals surface area (Å²) in [6.07, 6.45) is 0. The Morgan fingerprint density at radius 3 is 2.72 bits per heavy atom. The molecule has 0 aliphatic carbocycles. The van der Waals surface area contributed by atoms with E-state index in [-0.39, 0.29) is 0 Å². The van der Waals surface area contributed by atoms with Crippen LogP contribution in [0, 0.1) is 5.82 Å². The van der Waals surface area contributed by atoms with Crippen molar-refractivity contribution in [3.8, 4) is 5.69 Å². The van der Waals surface area contributed by atoms with Crippen LogP contribution in [0.3, 0.4) is 0 Å². The second-order valence-electron chi connectivity index (χ2n) is 3.92. The van der Waals surface area contributed by atoms with E-state index in [1.807, 2.05) is 24.3 Å². The molecule has 3 nitrogen and oxygen atoms in total. The average Bonchev–Trinajstić information content (AvgIpc) is 2.63. The molecule has 3 aromatic rings. The molecule has 0 fully saturated rings. The van der Waals surface area contributed by atoms with Gasteiger partial charge in [0.25, 0.3) is 0 Å². The highest BCUT2D eigenvalue weighted by Crippen LogP contribution is 2.25. The van der Waals surface area contributed by atoms with Crippen LogP contribution in [0.15, 0.2) is 42.5 Å². The van der Waals surface area contributed by atoms with Crippen molar-refractivity contribution in [2.75, 3.05) is 5.73 Å². The number of rotatable bonds is 1. The predicted molar refractivity (Wildman–Crippen MR) is 70.5 cm³/mol. The highest BCUT2D eigenvalue weighted by Gasteiger charge is 2.10. The summed E-state index contributed by atoms with van der Waals surface area (Å²) in [5.74, 6) is -0.104. The summed E-state index contributed by atoms with van der Waals surface area (Å²) in [5.41, 5.74) is 8.01. The highest BCUT2D eigenvalue weighted by atomic mass is 35.5. The second kappa shape index (κ2) is 3.99. The lowest BCUT2D eigenvalue weighted by Gasteiger charge is -2.07. The molecule has 2 aromatic carbocycles. The van der Waals surface area contributed by atoms with Gasteiger partial charge in [0, 0.05) is 5.02 Å². The SMILES string of the molecule is Nc1nc2ccccc2n1-c1cc(F)cc(Cl)c1. The summed E-state index contributed by atoms with van der Waals surface area (Å²) in [4.78, 5) is 4.22. The maximum atomic E-state index is 13.4. The molecule has 0 saturated heterocycles. The number of fused-ring (bicyclic) bond motifs is 1. The van der Waals surface area contributed by atoms with Crippen molar-refractivity contribution < 1.29 is 4.39 Å². The zero-order valence-corrected chi connectivity index (χ0v) is 10.0. The van der Waals surface area contributed by atoms with Crippen molar-refractivity contribution in [3.05, 3.63) is 53.3 Å². The van der Waals surface area contributed by atoms with Gasteiger partial charge in [-0.1, -0.05) is 23.7 Å². The van der Waals surface area contributed by atoms with Crippen LogP contribution in [-0.4, -0.2) is 9.55 Å². The zero-order chi connectivity index (χ0) is 12.7. The summed E-state index contributed by atoms with van der Waals surface area (Å²) in [7, 11) is 0. The van der Waals surface area contributed by atoms with Crippen LogP contribution < -0.4 is 5.73 Å². The number of nitrogen functional groups attached to an aromatic ring is 1. The van der Waals surface area contributed by atoms with Gasteiger partial charge in [-0.25, -0.2) is 9.37 Å². The van der Waals surface area contributed by atoms with E-state index in [0.717, 1.165) is 11.0 Å². The van der Waals surface area contributed by atoms with Gasteiger partial charge in [0.15, 0.2) is 0 Å². The van der Waals surface area contributed by atoms with Crippen LogP contribution in [0.25, 0.3) is 16.7 Å². The fourth-order valence-corrected chi connectivity index (χ4v) is 2.20. The maximum Gasteiger partial charge on any atom is 0.205 e. The minimum absolute atomic E-state index is 0.304. The summed E-state index contributed by atoms with van der Waals surface area (Å²) < 4.78 is 15.1. The molecule has 0 bridgehead atoms. The quantitative estimate of drug-likeness (QED) is 0.730.